The van der Waals surface area contributed by atoms with E-state index >= 15 is 0 Å². The van der Waals surface area contributed by atoms with Gasteiger partial charge in [0, 0.05) is 0 Å². The van der Waals surface area contributed by atoms with Gasteiger partial charge in [-0.2, -0.15) is 0 Å². The molecule has 0 saturated heterocycles. The summed E-state index contributed by atoms with van der Waals surface area (Å²) in [6.07, 6.45) is 0. The van der Waals surface area contributed by atoms with E-state index in [-0.39, 0.29) is 0 Å². The Morgan fingerprint density at radius 1 is 1.42 bits per heavy atom. The van der Waals surface area contributed by atoms with Crippen LogP contribution >= 0.6 is 11.6 Å². The van der Waals surface area contributed by atoms with Crippen molar-refractivity contribution in [3.63, 3.8) is 0 Å². The van der Waals surface area contributed by atoms with Crippen molar-refractivity contribution in [3.05, 3.63) is 28.8 Å². The van der Waals surface area contributed by atoms with Gasteiger partial charge in [-0.15, -0.1) is 0 Å². The zero-order chi connectivity index (χ0) is 9.14. The van der Waals surface area contributed by atoms with E-state index in [1.807, 2.05) is 6.07 Å². The van der Waals surface area contributed by atoms with Crippen LogP contribution in [-0.2, 0) is 0 Å². The molecule has 2 nitrogen and oxygen atoms in total. The Labute approximate surface area is 76.7 Å². The van der Waals surface area contributed by atoms with Crippen LogP contribution in [0.25, 0.3) is 0 Å². The normalized spacial score (nSPS) is 10.4. The fourth-order valence-corrected chi connectivity index (χ4v) is 1.17. The van der Waals surface area contributed by atoms with Gasteiger partial charge in [-0.1, -0.05) is 31.5 Å². The van der Waals surface area contributed by atoms with Gasteiger partial charge in [-0.05, 0) is 23.6 Å². The minimum Gasteiger partial charge on any atom is -0.339 e. The molecule has 0 amide bonds. The van der Waals surface area contributed by atoms with Crippen LogP contribution in [0, 0.1) is 0 Å². The van der Waals surface area contributed by atoms with Crippen molar-refractivity contribution in [3.8, 4) is 5.75 Å². The molecule has 0 aliphatic heterocycles. The highest BCUT2D eigenvalue weighted by atomic mass is 35.5. The van der Waals surface area contributed by atoms with Crippen LogP contribution in [0.15, 0.2) is 18.2 Å². The summed E-state index contributed by atoms with van der Waals surface area (Å²) in [5, 5.41) is 8.80. The average Bonchev–Trinajstić information content (AvgIpc) is 2.04. The largest absolute Gasteiger partial charge is 0.339 e. The minimum atomic E-state index is 0.293. The van der Waals surface area contributed by atoms with Gasteiger partial charge in [0.2, 0.25) is 0 Å². The fourth-order valence-electron chi connectivity index (χ4n) is 0.950. The summed E-state index contributed by atoms with van der Waals surface area (Å²) in [7, 11) is 0. The lowest BCUT2D eigenvalue weighted by Gasteiger charge is -2.06. The molecule has 66 valence electrons. The summed E-state index contributed by atoms with van der Waals surface area (Å²) in [5.74, 6) is 0.719. The molecule has 0 fully saturated rings. The summed E-state index contributed by atoms with van der Waals surface area (Å²) in [5.41, 5.74) is 1.13. The van der Waals surface area contributed by atoms with E-state index in [1.54, 1.807) is 12.1 Å². The van der Waals surface area contributed by atoms with Gasteiger partial charge >= 0.3 is 0 Å². The van der Waals surface area contributed by atoms with E-state index in [0.717, 1.165) is 5.56 Å². The summed E-state index contributed by atoms with van der Waals surface area (Å²) in [6, 6.07) is 5.32. The van der Waals surface area contributed by atoms with Gasteiger partial charge in [0.1, 0.15) is 0 Å². The molecule has 0 radical (unpaired) electrons. The van der Waals surface area contributed by atoms with Crippen LogP contribution < -0.4 is 4.89 Å². The topological polar surface area (TPSA) is 29.5 Å². The zero-order valence-electron chi connectivity index (χ0n) is 7.04. The summed E-state index contributed by atoms with van der Waals surface area (Å²) in [6.45, 7) is 4.15. The van der Waals surface area contributed by atoms with Crippen LogP contribution in [0.2, 0.25) is 5.02 Å². The van der Waals surface area contributed by atoms with Gasteiger partial charge in [0.25, 0.3) is 0 Å². The van der Waals surface area contributed by atoms with Crippen LogP contribution in [0.1, 0.15) is 25.3 Å². The van der Waals surface area contributed by atoms with Crippen molar-refractivity contribution in [2.45, 2.75) is 19.8 Å². The quantitative estimate of drug-likeness (QED) is 0.567. The van der Waals surface area contributed by atoms with Crippen molar-refractivity contribution in [2.75, 3.05) is 0 Å². The molecule has 0 aliphatic rings. The maximum atomic E-state index is 8.36. The third kappa shape index (κ3) is 1.90. The first kappa shape index (κ1) is 9.36. The molecule has 0 aliphatic carbocycles. The minimum absolute atomic E-state index is 0.293. The number of benzene rings is 1. The molecule has 0 bridgehead atoms. The van der Waals surface area contributed by atoms with Crippen molar-refractivity contribution >= 4 is 11.6 Å². The predicted octanol–water partition coefficient (Wildman–Crippen LogP) is 3.32. The molecule has 1 N–H and O–H groups in total. The lowest BCUT2D eigenvalue weighted by Crippen LogP contribution is -1.89. The number of halogens is 1. The van der Waals surface area contributed by atoms with Crippen molar-refractivity contribution in [2.24, 2.45) is 0 Å². The molecule has 0 saturated carbocycles. The molecule has 1 rings (SSSR count). The summed E-state index contributed by atoms with van der Waals surface area (Å²) < 4.78 is 0. The molecular formula is C9H11ClO2. The maximum Gasteiger partial charge on any atom is 0.183 e. The van der Waals surface area contributed by atoms with Gasteiger partial charge in [0.05, 0.1) is 5.02 Å². The van der Waals surface area contributed by atoms with Crippen LogP contribution in [-0.4, -0.2) is 5.26 Å². The van der Waals surface area contributed by atoms with E-state index in [4.69, 9.17) is 16.9 Å². The highest BCUT2D eigenvalue weighted by molar-refractivity contribution is 6.32. The average molecular weight is 187 g/mol. The Kier molecular flexibility index (Phi) is 2.95. The summed E-state index contributed by atoms with van der Waals surface area (Å²) in [4.78, 5) is 4.05. The molecule has 1 aromatic rings. The second-order valence-electron chi connectivity index (χ2n) is 2.94. The molecule has 0 aromatic heterocycles. The van der Waals surface area contributed by atoms with Gasteiger partial charge in [-0.3, -0.25) is 0 Å². The molecule has 0 atom stereocenters. The standard InChI is InChI=1S/C9H11ClO2/c1-6(2)7-3-4-9(12-11)8(10)5-7/h3-6,11H,1-2H3. The van der Waals surface area contributed by atoms with Crippen LogP contribution in [0.3, 0.4) is 0 Å². The Bertz CT molecular complexity index is 271. The molecule has 0 unspecified atom stereocenters. The summed E-state index contributed by atoms with van der Waals surface area (Å²) >= 11 is 5.79. The van der Waals surface area contributed by atoms with Gasteiger partial charge in [0.15, 0.2) is 5.75 Å². The molecule has 12 heavy (non-hydrogen) atoms. The molecule has 0 spiro atoms. The van der Waals surface area contributed by atoms with E-state index in [0.29, 0.717) is 16.7 Å². The van der Waals surface area contributed by atoms with E-state index < -0.39 is 0 Å². The molecule has 3 heteroatoms. The molecular weight excluding hydrogens is 176 g/mol. The van der Waals surface area contributed by atoms with E-state index in [9.17, 15) is 0 Å². The Balaban J connectivity index is 3.02. The monoisotopic (exact) mass is 186 g/mol. The van der Waals surface area contributed by atoms with Crippen molar-refractivity contribution in [1.82, 2.24) is 0 Å². The maximum absolute atomic E-state index is 8.36. The van der Waals surface area contributed by atoms with Gasteiger partial charge < -0.3 is 4.89 Å². The SMILES string of the molecule is CC(C)c1ccc(OO)c(Cl)c1. The molecule has 0 heterocycles. The smallest absolute Gasteiger partial charge is 0.183 e. The first-order valence-corrected chi connectivity index (χ1v) is 4.14. The Morgan fingerprint density at radius 3 is 2.50 bits per heavy atom. The Hall–Kier alpha value is -0.730. The lowest BCUT2D eigenvalue weighted by molar-refractivity contribution is -0.137. The van der Waals surface area contributed by atoms with Crippen LogP contribution in [0.4, 0.5) is 0 Å². The fraction of sp³-hybridized carbons (Fsp3) is 0.333. The second kappa shape index (κ2) is 3.78. The van der Waals surface area contributed by atoms with Crippen molar-refractivity contribution in [1.29, 1.82) is 0 Å². The third-order valence-corrected chi connectivity index (χ3v) is 2.02. The van der Waals surface area contributed by atoms with E-state index in [2.05, 4.69) is 18.7 Å². The predicted molar refractivity (Wildman–Crippen MR) is 48.8 cm³/mol. The van der Waals surface area contributed by atoms with Crippen LogP contribution in [0.5, 0.6) is 5.75 Å². The number of hydrogen-bond acceptors (Lipinski definition) is 2. The first-order valence-electron chi connectivity index (χ1n) is 3.76. The second-order valence-corrected chi connectivity index (χ2v) is 3.34. The highest BCUT2D eigenvalue weighted by Crippen LogP contribution is 2.27. The molecule has 1 aromatic carbocycles. The van der Waals surface area contributed by atoms with E-state index in [1.165, 1.54) is 0 Å². The zero-order valence-corrected chi connectivity index (χ0v) is 7.80. The number of hydrogen-bond donors (Lipinski definition) is 1. The lowest BCUT2D eigenvalue weighted by atomic mass is 10.0. The third-order valence-electron chi connectivity index (χ3n) is 1.72. The number of rotatable bonds is 2. The van der Waals surface area contributed by atoms with Crippen molar-refractivity contribution < 1.29 is 10.1 Å². The first-order chi connectivity index (χ1) is 5.65. The Morgan fingerprint density at radius 2 is 2.08 bits per heavy atom. The van der Waals surface area contributed by atoms with Gasteiger partial charge in [-0.25, -0.2) is 5.26 Å². The highest BCUT2D eigenvalue weighted by Gasteiger charge is 2.04.